The summed E-state index contributed by atoms with van der Waals surface area (Å²) in [7, 11) is -4.26. The molecule has 304 valence electrons. The summed E-state index contributed by atoms with van der Waals surface area (Å²) in [6, 6.07) is 29.7. The first-order chi connectivity index (χ1) is 28.3. The van der Waals surface area contributed by atoms with Crippen LogP contribution in [0.3, 0.4) is 0 Å². The van der Waals surface area contributed by atoms with Gasteiger partial charge in [-0.2, -0.15) is 0 Å². The van der Waals surface area contributed by atoms with Crippen molar-refractivity contribution in [3.8, 4) is 17.2 Å². The van der Waals surface area contributed by atoms with Crippen molar-refractivity contribution in [1.29, 1.82) is 0 Å². The SMILES string of the molecule is CC1(C)CCC(CN2CCN(c3cccc(Oc4cnc5c(ccn5S(=O)(=O)c5ccc(NCc6cccc(O)c6)c([N+](=O)[O-])c5)c4)c3)CC2)=C(c2ccc(Cl)cc2)C1. The summed E-state index contributed by atoms with van der Waals surface area (Å²) < 4.78 is 34.9. The fourth-order valence-electron chi connectivity index (χ4n) is 7.96. The number of piperazine rings is 1. The van der Waals surface area contributed by atoms with Gasteiger partial charge in [-0.25, -0.2) is 17.4 Å². The van der Waals surface area contributed by atoms with Crippen molar-refractivity contribution < 1.29 is 23.2 Å². The van der Waals surface area contributed by atoms with Crippen LogP contribution in [-0.2, 0) is 16.6 Å². The van der Waals surface area contributed by atoms with Crippen molar-refractivity contribution >= 4 is 55.3 Å². The molecular formula is C45H45ClN6O6S. The number of ether oxygens (including phenoxy) is 1. The smallest absolute Gasteiger partial charge is 0.293 e. The maximum atomic E-state index is 13.8. The fourth-order valence-corrected chi connectivity index (χ4v) is 9.41. The molecule has 6 aromatic rings. The molecule has 8 rings (SSSR count). The summed E-state index contributed by atoms with van der Waals surface area (Å²) in [4.78, 5) is 20.5. The maximum Gasteiger partial charge on any atom is 0.293 e. The van der Waals surface area contributed by atoms with E-state index in [0.29, 0.717) is 22.4 Å². The van der Waals surface area contributed by atoms with Gasteiger partial charge >= 0.3 is 0 Å². The van der Waals surface area contributed by atoms with E-state index >= 15 is 0 Å². The lowest BCUT2D eigenvalue weighted by molar-refractivity contribution is -0.384. The first kappa shape index (κ1) is 39.9. The Balaban J connectivity index is 0.926. The van der Waals surface area contributed by atoms with Crippen molar-refractivity contribution in [2.24, 2.45) is 5.41 Å². The van der Waals surface area contributed by atoms with Gasteiger partial charge in [0, 0.05) is 73.7 Å². The minimum atomic E-state index is -4.26. The molecular weight excluding hydrogens is 788 g/mol. The van der Waals surface area contributed by atoms with E-state index in [1.807, 2.05) is 30.3 Å². The number of nitrogens with one attached hydrogen (secondary N) is 1. The number of hydrogen-bond donors (Lipinski definition) is 2. The number of rotatable bonds is 12. The highest BCUT2D eigenvalue weighted by molar-refractivity contribution is 7.90. The third-order valence-corrected chi connectivity index (χ3v) is 13.1. The van der Waals surface area contributed by atoms with Gasteiger partial charge in [0.15, 0.2) is 5.65 Å². The normalized spacial score (nSPS) is 16.0. The van der Waals surface area contributed by atoms with E-state index in [-0.39, 0.29) is 33.9 Å². The molecule has 1 saturated heterocycles. The van der Waals surface area contributed by atoms with Crippen LogP contribution in [0.5, 0.6) is 17.2 Å². The molecule has 14 heteroatoms. The van der Waals surface area contributed by atoms with Crippen LogP contribution in [-0.4, -0.2) is 65.0 Å². The van der Waals surface area contributed by atoms with Crippen LogP contribution in [0.2, 0.25) is 5.02 Å². The Morgan fingerprint density at radius 1 is 0.932 bits per heavy atom. The summed E-state index contributed by atoms with van der Waals surface area (Å²) >= 11 is 6.22. The number of halogens is 1. The summed E-state index contributed by atoms with van der Waals surface area (Å²) in [5.74, 6) is 1.14. The van der Waals surface area contributed by atoms with Crippen molar-refractivity contribution in [2.45, 2.75) is 44.6 Å². The van der Waals surface area contributed by atoms with Crippen LogP contribution in [0.25, 0.3) is 16.6 Å². The third-order valence-electron chi connectivity index (χ3n) is 11.2. The number of nitro benzene ring substituents is 1. The number of pyridine rings is 1. The summed E-state index contributed by atoms with van der Waals surface area (Å²) in [6.45, 7) is 9.53. The summed E-state index contributed by atoms with van der Waals surface area (Å²) in [6.07, 6.45) is 6.20. The monoisotopic (exact) mass is 832 g/mol. The number of phenolic OH excluding ortho intramolecular Hbond substituents is 1. The van der Waals surface area contributed by atoms with Crippen LogP contribution in [0, 0.1) is 15.5 Å². The number of aromatic hydroxyl groups is 1. The lowest BCUT2D eigenvalue weighted by Gasteiger charge is -2.39. The van der Waals surface area contributed by atoms with Gasteiger partial charge < -0.3 is 20.1 Å². The number of allylic oxidation sites excluding steroid dienone is 1. The van der Waals surface area contributed by atoms with E-state index in [4.69, 9.17) is 16.3 Å². The Morgan fingerprint density at radius 2 is 1.71 bits per heavy atom. The number of anilines is 2. The highest BCUT2D eigenvalue weighted by Gasteiger charge is 2.30. The van der Waals surface area contributed by atoms with Gasteiger partial charge in [0.25, 0.3) is 15.7 Å². The second kappa shape index (κ2) is 16.4. The molecule has 1 fully saturated rings. The van der Waals surface area contributed by atoms with Crippen molar-refractivity contribution in [3.05, 3.63) is 147 Å². The first-order valence-corrected chi connectivity index (χ1v) is 21.4. The molecule has 59 heavy (non-hydrogen) atoms. The molecule has 0 spiro atoms. The molecule has 0 bridgehead atoms. The molecule has 12 nitrogen and oxygen atoms in total. The second-order valence-corrected chi connectivity index (χ2v) is 18.2. The molecule has 1 aliphatic heterocycles. The molecule has 4 aromatic carbocycles. The van der Waals surface area contributed by atoms with E-state index in [1.165, 1.54) is 59.8 Å². The number of phenols is 1. The van der Waals surface area contributed by atoms with Crippen LogP contribution in [0.1, 0.15) is 44.2 Å². The van der Waals surface area contributed by atoms with Crippen LogP contribution in [0.15, 0.2) is 126 Å². The largest absolute Gasteiger partial charge is 0.508 e. The molecule has 0 unspecified atom stereocenters. The Bertz CT molecular complexity index is 2670. The number of nitrogens with zero attached hydrogens (tertiary/aromatic N) is 5. The van der Waals surface area contributed by atoms with E-state index in [1.54, 1.807) is 24.3 Å². The average molecular weight is 833 g/mol. The van der Waals surface area contributed by atoms with Gasteiger partial charge in [0.05, 0.1) is 16.0 Å². The Hall–Kier alpha value is -5.89. The summed E-state index contributed by atoms with van der Waals surface area (Å²) in [5, 5.41) is 26.0. The highest BCUT2D eigenvalue weighted by Crippen LogP contribution is 2.43. The Labute approximate surface area is 348 Å². The Kier molecular flexibility index (Phi) is 11.1. The summed E-state index contributed by atoms with van der Waals surface area (Å²) in [5.41, 5.74) is 6.19. The number of benzene rings is 4. The van der Waals surface area contributed by atoms with Gasteiger partial charge in [-0.05, 0) is 102 Å². The zero-order valence-electron chi connectivity index (χ0n) is 32.8. The first-order valence-electron chi connectivity index (χ1n) is 19.6. The molecule has 2 aromatic heterocycles. The molecule has 2 aliphatic rings. The maximum absolute atomic E-state index is 13.8. The molecule has 1 aliphatic carbocycles. The van der Waals surface area contributed by atoms with E-state index in [0.717, 1.165) is 66.3 Å². The topological polar surface area (TPSA) is 143 Å². The van der Waals surface area contributed by atoms with Crippen LogP contribution >= 0.6 is 11.6 Å². The van der Waals surface area contributed by atoms with Crippen molar-refractivity contribution in [1.82, 2.24) is 13.9 Å². The zero-order chi connectivity index (χ0) is 41.3. The third kappa shape index (κ3) is 8.92. The van der Waals surface area contributed by atoms with Crippen LogP contribution < -0.4 is 15.0 Å². The van der Waals surface area contributed by atoms with E-state index < -0.39 is 20.6 Å². The average Bonchev–Trinajstić information content (AvgIpc) is 3.66. The molecule has 0 atom stereocenters. The van der Waals surface area contributed by atoms with Gasteiger partial charge in [-0.1, -0.05) is 61.4 Å². The van der Waals surface area contributed by atoms with Gasteiger partial charge in [0.2, 0.25) is 0 Å². The van der Waals surface area contributed by atoms with Gasteiger partial charge in [0.1, 0.15) is 22.9 Å². The number of aromatic nitrogens is 2. The molecule has 3 heterocycles. The zero-order valence-corrected chi connectivity index (χ0v) is 34.4. The molecule has 0 amide bonds. The quantitative estimate of drug-likeness (QED) is 0.0904. The fraction of sp³-hybridized carbons (Fsp3) is 0.267. The molecule has 0 saturated carbocycles. The molecule has 0 radical (unpaired) electrons. The Morgan fingerprint density at radius 3 is 2.47 bits per heavy atom. The minimum Gasteiger partial charge on any atom is -0.508 e. The number of nitro groups is 1. The standard InChI is InChI=1S/C45H45ClN6O6S/c1-45(2)17-15-34(41(27-45)32-9-11-35(46)12-10-32)30-49-19-21-50(22-20-49)36-6-4-8-38(25-36)58-39-24-33-16-18-51(44(33)48-29-39)59(56,57)40-13-14-42(43(26-40)52(54)55)47-28-31-5-3-7-37(53)23-31/h3-14,16,18,23-26,29,47,53H,15,17,19-22,27-28,30H2,1-2H3. The number of fused-ring (bicyclic) bond motifs is 1. The van der Waals surface area contributed by atoms with Gasteiger partial charge in [-0.15, -0.1) is 0 Å². The minimum absolute atomic E-state index is 0.0683. The predicted octanol–water partition coefficient (Wildman–Crippen LogP) is 9.73. The van der Waals surface area contributed by atoms with Crippen molar-refractivity contribution in [3.63, 3.8) is 0 Å². The van der Waals surface area contributed by atoms with Crippen LogP contribution in [0.4, 0.5) is 17.1 Å². The van der Waals surface area contributed by atoms with Gasteiger partial charge in [-0.3, -0.25) is 15.0 Å². The highest BCUT2D eigenvalue weighted by atomic mass is 35.5. The van der Waals surface area contributed by atoms with E-state index in [2.05, 4.69) is 52.1 Å². The molecule has 2 N–H and O–H groups in total. The second-order valence-electron chi connectivity index (χ2n) is 16.0. The van der Waals surface area contributed by atoms with Crippen molar-refractivity contribution in [2.75, 3.05) is 42.9 Å². The lowest BCUT2D eigenvalue weighted by Crippen LogP contribution is -2.47. The number of hydrogen-bond acceptors (Lipinski definition) is 10. The lowest BCUT2D eigenvalue weighted by atomic mass is 9.72. The predicted molar refractivity (Wildman–Crippen MR) is 232 cm³/mol. The van der Waals surface area contributed by atoms with E-state index in [9.17, 15) is 23.6 Å².